The van der Waals surface area contributed by atoms with Gasteiger partial charge in [-0.15, -0.1) is 0 Å². The number of nitrogens with zero attached hydrogens (tertiary/aromatic N) is 1. The number of esters is 1. The highest BCUT2D eigenvalue weighted by Gasteiger charge is 2.10. The Morgan fingerprint density at radius 3 is 2.52 bits per heavy atom. The molecule has 0 spiro atoms. The molecular formula is C19H16N2O4. The molecule has 0 aliphatic heterocycles. The van der Waals surface area contributed by atoms with Gasteiger partial charge in [-0.2, -0.15) is 0 Å². The molecule has 0 saturated carbocycles. The van der Waals surface area contributed by atoms with Crippen molar-refractivity contribution in [1.82, 2.24) is 10.3 Å². The predicted octanol–water partition coefficient (Wildman–Crippen LogP) is 3.17. The highest BCUT2D eigenvalue weighted by molar-refractivity contribution is 5.99. The van der Waals surface area contributed by atoms with Crippen molar-refractivity contribution in [3.63, 3.8) is 0 Å². The first-order valence-corrected chi connectivity index (χ1v) is 7.59. The molecule has 126 valence electrons. The summed E-state index contributed by atoms with van der Waals surface area (Å²) in [5, 5.41) is 4.34. The Kier molecular flexibility index (Phi) is 4.61. The topological polar surface area (TPSA) is 77.5 Å². The lowest BCUT2D eigenvalue weighted by Gasteiger charge is -2.09. The maximum atomic E-state index is 11.8. The molecule has 0 aliphatic carbocycles. The van der Waals surface area contributed by atoms with Crippen LogP contribution in [0.4, 0.5) is 0 Å². The van der Waals surface area contributed by atoms with Crippen molar-refractivity contribution >= 4 is 22.6 Å². The van der Waals surface area contributed by atoms with Gasteiger partial charge < -0.3 is 14.8 Å². The number of nitrogens with one attached hydrogen (secondary N) is 1. The number of amides is 1. The van der Waals surface area contributed by atoms with Crippen LogP contribution in [0.3, 0.4) is 0 Å². The average Bonchev–Trinajstić information content (AvgIpc) is 2.67. The van der Waals surface area contributed by atoms with Crippen LogP contribution in [-0.2, 0) is 4.74 Å². The van der Waals surface area contributed by atoms with E-state index in [1.165, 1.54) is 13.3 Å². The summed E-state index contributed by atoms with van der Waals surface area (Å²) < 4.78 is 10.5. The lowest BCUT2D eigenvalue weighted by Crippen LogP contribution is -2.17. The summed E-state index contributed by atoms with van der Waals surface area (Å²) in [4.78, 5) is 27.3. The zero-order chi connectivity index (χ0) is 17.8. The van der Waals surface area contributed by atoms with Crippen molar-refractivity contribution in [2.24, 2.45) is 0 Å². The minimum Gasteiger partial charge on any atom is -0.465 e. The van der Waals surface area contributed by atoms with Crippen LogP contribution in [0.25, 0.3) is 10.8 Å². The fraction of sp³-hybridized carbons (Fsp3) is 0.105. The van der Waals surface area contributed by atoms with Gasteiger partial charge in [-0.1, -0.05) is 12.1 Å². The van der Waals surface area contributed by atoms with Crippen LogP contribution in [0.5, 0.6) is 11.6 Å². The van der Waals surface area contributed by atoms with E-state index < -0.39 is 5.97 Å². The van der Waals surface area contributed by atoms with Crippen LogP contribution >= 0.6 is 0 Å². The smallest absolute Gasteiger partial charge is 0.339 e. The van der Waals surface area contributed by atoms with Gasteiger partial charge in [0.25, 0.3) is 5.91 Å². The monoisotopic (exact) mass is 336 g/mol. The van der Waals surface area contributed by atoms with Crippen molar-refractivity contribution in [1.29, 1.82) is 0 Å². The first-order valence-electron chi connectivity index (χ1n) is 7.59. The van der Waals surface area contributed by atoms with E-state index in [4.69, 9.17) is 4.74 Å². The molecule has 1 amide bonds. The maximum Gasteiger partial charge on any atom is 0.339 e. The average molecular weight is 336 g/mol. The Hall–Kier alpha value is -3.41. The second-order valence-electron chi connectivity index (χ2n) is 5.25. The number of fused-ring (bicyclic) bond motifs is 1. The van der Waals surface area contributed by atoms with Crippen LogP contribution in [-0.4, -0.2) is 31.0 Å². The van der Waals surface area contributed by atoms with Crippen molar-refractivity contribution in [2.75, 3.05) is 14.2 Å². The van der Waals surface area contributed by atoms with E-state index in [9.17, 15) is 9.59 Å². The Balaban J connectivity index is 1.91. The summed E-state index contributed by atoms with van der Waals surface area (Å²) in [6.07, 6.45) is 1.40. The number of carbonyl (C=O) groups is 2. The quantitative estimate of drug-likeness (QED) is 0.741. The Morgan fingerprint density at radius 1 is 1.04 bits per heavy atom. The number of hydrogen-bond acceptors (Lipinski definition) is 5. The third-order valence-corrected chi connectivity index (χ3v) is 3.70. The molecule has 25 heavy (non-hydrogen) atoms. The van der Waals surface area contributed by atoms with E-state index in [2.05, 4.69) is 15.0 Å². The van der Waals surface area contributed by atoms with E-state index in [-0.39, 0.29) is 5.91 Å². The molecule has 1 aromatic heterocycles. The van der Waals surface area contributed by atoms with E-state index in [0.717, 1.165) is 10.8 Å². The van der Waals surface area contributed by atoms with Gasteiger partial charge in [-0.05, 0) is 35.7 Å². The summed E-state index contributed by atoms with van der Waals surface area (Å²) in [7, 11) is 2.91. The molecule has 0 saturated heterocycles. The van der Waals surface area contributed by atoms with Crippen molar-refractivity contribution in [3.8, 4) is 11.6 Å². The number of benzene rings is 2. The van der Waals surface area contributed by atoms with Gasteiger partial charge in [0, 0.05) is 30.3 Å². The third kappa shape index (κ3) is 3.42. The van der Waals surface area contributed by atoms with Crippen LogP contribution < -0.4 is 10.1 Å². The number of methoxy groups -OCH3 is 1. The largest absolute Gasteiger partial charge is 0.465 e. The van der Waals surface area contributed by atoms with E-state index in [0.29, 0.717) is 22.8 Å². The minimum absolute atomic E-state index is 0.145. The molecule has 3 rings (SSSR count). The number of rotatable bonds is 4. The van der Waals surface area contributed by atoms with E-state index in [1.54, 1.807) is 31.3 Å². The minimum atomic E-state index is -0.453. The Labute approximate surface area is 144 Å². The van der Waals surface area contributed by atoms with Gasteiger partial charge in [0.15, 0.2) is 0 Å². The number of pyridine rings is 1. The standard InChI is InChI=1S/C19H16N2O4/c1-20-18(22)13-6-8-15-12(10-13)4-3-5-16(15)25-17-9-7-14(11-21-17)19(23)24-2/h3-11H,1-2H3,(H,20,22). The second kappa shape index (κ2) is 7.00. The van der Waals surface area contributed by atoms with E-state index in [1.807, 2.05) is 24.3 Å². The highest BCUT2D eigenvalue weighted by Crippen LogP contribution is 2.29. The van der Waals surface area contributed by atoms with Gasteiger partial charge >= 0.3 is 5.97 Å². The van der Waals surface area contributed by atoms with Crippen LogP contribution in [0.1, 0.15) is 20.7 Å². The van der Waals surface area contributed by atoms with Gasteiger partial charge in [0.05, 0.1) is 12.7 Å². The number of carbonyl (C=O) groups excluding carboxylic acids is 2. The lowest BCUT2D eigenvalue weighted by atomic mass is 10.1. The molecule has 6 nitrogen and oxygen atoms in total. The zero-order valence-corrected chi connectivity index (χ0v) is 13.8. The lowest BCUT2D eigenvalue weighted by molar-refractivity contribution is 0.0600. The molecule has 2 aromatic carbocycles. The van der Waals surface area contributed by atoms with Gasteiger partial charge in [0.2, 0.25) is 5.88 Å². The van der Waals surface area contributed by atoms with Gasteiger partial charge in [-0.25, -0.2) is 9.78 Å². The SMILES string of the molecule is CNC(=O)c1ccc2c(Oc3ccc(C(=O)OC)cn3)cccc2c1. The molecule has 0 bridgehead atoms. The van der Waals surface area contributed by atoms with Gasteiger partial charge in [0.1, 0.15) is 5.75 Å². The van der Waals surface area contributed by atoms with Crippen molar-refractivity contribution in [3.05, 3.63) is 65.9 Å². The highest BCUT2D eigenvalue weighted by atomic mass is 16.5. The second-order valence-corrected chi connectivity index (χ2v) is 5.25. The van der Waals surface area contributed by atoms with Crippen LogP contribution in [0.2, 0.25) is 0 Å². The normalized spacial score (nSPS) is 10.3. The van der Waals surface area contributed by atoms with E-state index >= 15 is 0 Å². The van der Waals surface area contributed by atoms with Crippen LogP contribution in [0, 0.1) is 0 Å². The molecule has 0 atom stereocenters. The Bertz CT molecular complexity index is 936. The third-order valence-electron chi connectivity index (χ3n) is 3.70. The molecule has 1 heterocycles. The molecule has 0 fully saturated rings. The Morgan fingerprint density at radius 2 is 1.84 bits per heavy atom. The summed E-state index contributed by atoms with van der Waals surface area (Å²) in [5.74, 6) is 0.369. The maximum absolute atomic E-state index is 11.8. The van der Waals surface area contributed by atoms with Crippen molar-refractivity contribution < 1.29 is 19.1 Å². The van der Waals surface area contributed by atoms with Crippen molar-refractivity contribution in [2.45, 2.75) is 0 Å². The molecule has 0 aliphatic rings. The number of aromatic nitrogens is 1. The first kappa shape index (κ1) is 16.4. The fourth-order valence-corrected chi connectivity index (χ4v) is 2.42. The molecular weight excluding hydrogens is 320 g/mol. The molecule has 0 unspecified atom stereocenters. The summed E-state index contributed by atoms with van der Waals surface area (Å²) in [5.41, 5.74) is 0.927. The van der Waals surface area contributed by atoms with Crippen LogP contribution in [0.15, 0.2) is 54.7 Å². The summed E-state index contributed by atoms with van der Waals surface area (Å²) >= 11 is 0. The molecule has 3 aromatic rings. The molecule has 1 N–H and O–H groups in total. The number of hydrogen-bond donors (Lipinski definition) is 1. The summed E-state index contributed by atoms with van der Waals surface area (Å²) in [6.45, 7) is 0. The zero-order valence-electron chi connectivity index (χ0n) is 13.8. The van der Waals surface area contributed by atoms with Gasteiger partial charge in [-0.3, -0.25) is 4.79 Å². The number of ether oxygens (including phenoxy) is 2. The summed E-state index contributed by atoms with van der Waals surface area (Å²) in [6, 6.07) is 14.1. The predicted molar refractivity (Wildman–Crippen MR) is 93.0 cm³/mol. The first-order chi connectivity index (χ1) is 12.1. The molecule has 6 heteroatoms. The molecule has 0 radical (unpaired) electrons. The fourth-order valence-electron chi connectivity index (χ4n) is 2.42.